The molecule has 0 fully saturated rings. The van der Waals surface area contributed by atoms with Gasteiger partial charge in [-0.25, -0.2) is 0 Å². The van der Waals surface area contributed by atoms with Gasteiger partial charge in [0, 0.05) is 12.9 Å². The topological polar surface area (TPSA) is 48.0 Å². The van der Waals surface area contributed by atoms with Crippen molar-refractivity contribution >= 4 is 17.5 Å². The molecule has 0 aliphatic heterocycles. The zero-order chi connectivity index (χ0) is 16.2. The molecule has 0 aliphatic rings. The van der Waals surface area contributed by atoms with E-state index >= 15 is 0 Å². The second kappa shape index (κ2) is 6.89. The van der Waals surface area contributed by atoms with Gasteiger partial charge in [-0.05, 0) is 26.0 Å². The quantitative estimate of drug-likeness (QED) is 0.757. The van der Waals surface area contributed by atoms with E-state index in [4.69, 9.17) is 25.8 Å². The maximum atomic E-state index is 12.7. The Kier molecular flexibility index (Phi) is 5.72. The fourth-order valence-electron chi connectivity index (χ4n) is 1.81. The summed E-state index contributed by atoms with van der Waals surface area (Å²) in [5.41, 5.74) is -0.0765. The first-order valence-electron chi connectivity index (χ1n) is 6.47. The zero-order valence-corrected chi connectivity index (χ0v) is 14.1. The Morgan fingerprint density at radius 3 is 2.14 bits per heavy atom. The molecule has 1 aromatic rings. The molecule has 0 heterocycles. The van der Waals surface area contributed by atoms with E-state index in [2.05, 4.69) is 0 Å². The van der Waals surface area contributed by atoms with Crippen LogP contribution >= 0.6 is 11.6 Å². The zero-order valence-electron chi connectivity index (χ0n) is 13.3. The third-order valence-corrected chi connectivity index (χ3v) is 4.13. The van der Waals surface area contributed by atoms with Crippen LogP contribution in [0.2, 0.25) is 0 Å². The molecule has 0 unspecified atom stereocenters. The lowest BCUT2D eigenvalue weighted by Gasteiger charge is -2.34. The minimum absolute atomic E-state index is 0.196. The minimum atomic E-state index is -0.475. The van der Waals surface area contributed by atoms with Gasteiger partial charge in [-0.2, -0.15) is 0 Å². The molecule has 6 heteroatoms. The molecule has 1 rings (SSSR count). The molecule has 0 saturated carbocycles. The number of carbonyl (C=O) groups is 1. The summed E-state index contributed by atoms with van der Waals surface area (Å²) in [5, 5.41) is 0. The van der Waals surface area contributed by atoms with Gasteiger partial charge in [0.05, 0.1) is 32.4 Å². The van der Waals surface area contributed by atoms with Gasteiger partial charge >= 0.3 is 0 Å². The summed E-state index contributed by atoms with van der Waals surface area (Å²) < 4.78 is 15.8. The molecule has 0 atom stereocenters. The smallest absolute Gasteiger partial charge is 0.257 e. The van der Waals surface area contributed by atoms with E-state index in [9.17, 15) is 4.79 Å². The number of carbonyl (C=O) groups excluding carboxylic acids is 1. The first-order chi connectivity index (χ1) is 9.83. The number of nitrogens with zero attached hydrogens (tertiary/aromatic N) is 1. The normalized spacial score (nSPS) is 11.0. The van der Waals surface area contributed by atoms with E-state index in [1.165, 1.54) is 21.3 Å². The van der Waals surface area contributed by atoms with Crippen LogP contribution in [0.15, 0.2) is 12.1 Å². The minimum Gasteiger partial charge on any atom is -0.493 e. The molecule has 5 nitrogen and oxygen atoms in total. The summed E-state index contributed by atoms with van der Waals surface area (Å²) in [4.78, 5) is 14.3. The third-order valence-electron chi connectivity index (χ3n) is 3.47. The molecule has 0 aliphatic carbocycles. The number of hydrogen-bond acceptors (Lipinski definition) is 4. The van der Waals surface area contributed by atoms with Gasteiger partial charge in [0.1, 0.15) is 0 Å². The van der Waals surface area contributed by atoms with Crippen LogP contribution < -0.4 is 14.2 Å². The molecule has 0 aromatic heterocycles. The summed E-state index contributed by atoms with van der Waals surface area (Å²) in [5.74, 6) is 1.37. The number of halogens is 1. The van der Waals surface area contributed by atoms with Crippen LogP contribution in [0.3, 0.4) is 0 Å². The van der Waals surface area contributed by atoms with Crippen molar-refractivity contribution in [2.45, 2.75) is 19.4 Å². The number of alkyl halides is 1. The van der Waals surface area contributed by atoms with Gasteiger partial charge < -0.3 is 19.1 Å². The number of benzene rings is 1. The summed E-state index contributed by atoms with van der Waals surface area (Å²) in [6.07, 6.45) is 0. The number of hydrogen-bond donors (Lipinski definition) is 0. The molecular weight excluding hydrogens is 294 g/mol. The SMILES string of the molecule is COc1ccc(C(=O)N(C)C(C)(C)CCl)c(OC)c1OC. The van der Waals surface area contributed by atoms with Crippen LogP contribution in [-0.4, -0.2) is 50.6 Å². The van der Waals surface area contributed by atoms with Crippen molar-refractivity contribution in [2.24, 2.45) is 0 Å². The Morgan fingerprint density at radius 1 is 1.14 bits per heavy atom. The number of methoxy groups -OCH3 is 3. The Hall–Kier alpha value is -1.62. The Balaban J connectivity index is 3.34. The van der Waals surface area contributed by atoms with Crippen molar-refractivity contribution < 1.29 is 19.0 Å². The van der Waals surface area contributed by atoms with Crippen LogP contribution in [0.25, 0.3) is 0 Å². The van der Waals surface area contributed by atoms with Crippen molar-refractivity contribution in [3.8, 4) is 17.2 Å². The molecule has 0 bridgehead atoms. The maximum absolute atomic E-state index is 12.7. The molecular formula is C15H22ClNO4. The average Bonchev–Trinajstić information content (AvgIpc) is 2.51. The highest BCUT2D eigenvalue weighted by molar-refractivity contribution is 6.18. The van der Waals surface area contributed by atoms with Crippen LogP contribution in [0, 0.1) is 0 Å². The molecule has 0 N–H and O–H groups in total. The lowest BCUT2D eigenvalue weighted by atomic mass is 10.0. The Labute approximate surface area is 130 Å². The van der Waals surface area contributed by atoms with Crippen LogP contribution in [0.4, 0.5) is 0 Å². The molecule has 1 aromatic carbocycles. The van der Waals surface area contributed by atoms with E-state index in [0.29, 0.717) is 28.7 Å². The number of amides is 1. The number of ether oxygens (including phenoxy) is 3. The van der Waals surface area contributed by atoms with Crippen molar-refractivity contribution in [3.05, 3.63) is 17.7 Å². The van der Waals surface area contributed by atoms with E-state index in [1.807, 2.05) is 13.8 Å². The van der Waals surface area contributed by atoms with E-state index in [1.54, 1.807) is 24.1 Å². The number of rotatable bonds is 6. The van der Waals surface area contributed by atoms with Crippen LogP contribution in [0.5, 0.6) is 17.2 Å². The summed E-state index contributed by atoms with van der Waals surface area (Å²) in [7, 11) is 6.23. The fourth-order valence-corrected chi connectivity index (χ4v) is 1.99. The third kappa shape index (κ3) is 3.35. The highest BCUT2D eigenvalue weighted by atomic mass is 35.5. The van der Waals surface area contributed by atoms with Crippen molar-refractivity contribution in [3.63, 3.8) is 0 Å². The van der Waals surface area contributed by atoms with Gasteiger partial charge in [0.2, 0.25) is 5.75 Å². The lowest BCUT2D eigenvalue weighted by molar-refractivity contribution is 0.0656. The molecule has 0 saturated heterocycles. The first kappa shape index (κ1) is 17.4. The summed E-state index contributed by atoms with van der Waals surface area (Å²) >= 11 is 5.93. The van der Waals surface area contributed by atoms with Gasteiger partial charge in [0.15, 0.2) is 11.5 Å². The van der Waals surface area contributed by atoms with Gasteiger partial charge in [-0.3, -0.25) is 4.79 Å². The lowest BCUT2D eigenvalue weighted by Crippen LogP contribution is -2.46. The maximum Gasteiger partial charge on any atom is 0.257 e. The summed E-state index contributed by atoms with van der Waals surface area (Å²) in [6.45, 7) is 3.79. The van der Waals surface area contributed by atoms with Gasteiger partial charge in [0.25, 0.3) is 5.91 Å². The molecule has 0 radical (unpaired) electrons. The molecule has 1 amide bonds. The fraction of sp³-hybridized carbons (Fsp3) is 0.533. The Morgan fingerprint density at radius 2 is 1.71 bits per heavy atom. The van der Waals surface area contributed by atoms with E-state index in [0.717, 1.165) is 0 Å². The highest BCUT2D eigenvalue weighted by Crippen LogP contribution is 2.40. The van der Waals surface area contributed by atoms with Crippen molar-refractivity contribution in [2.75, 3.05) is 34.3 Å². The largest absolute Gasteiger partial charge is 0.493 e. The monoisotopic (exact) mass is 315 g/mol. The molecule has 21 heavy (non-hydrogen) atoms. The van der Waals surface area contributed by atoms with Crippen molar-refractivity contribution in [1.29, 1.82) is 0 Å². The van der Waals surface area contributed by atoms with E-state index < -0.39 is 5.54 Å². The molecule has 118 valence electrons. The average molecular weight is 316 g/mol. The van der Waals surface area contributed by atoms with Gasteiger partial charge in [-0.1, -0.05) is 0 Å². The summed E-state index contributed by atoms with van der Waals surface area (Å²) in [6, 6.07) is 3.33. The van der Waals surface area contributed by atoms with Crippen LogP contribution in [-0.2, 0) is 0 Å². The Bertz CT molecular complexity index is 517. The van der Waals surface area contributed by atoms with Gasteiger partial charge in [-0.15, -0.1) is 11.6 Å². The standard InChI is InChI=1S/C15H22ClNO4/c1-15(2,9-16)17(3)14(18)10-7-8-11(19-4)13(21-6)12(10)20-5/h7-8H,9H2,1-6H3. The molecule has 0 spiro atoms. The van der Waals surface area contributed by atoms with E-state index in [-0.39, 0.29) is 5.91 Å². The van der Waals surface area contributed by atoms with Crippen molar-refractivity contribution in [1.82, 2.24) is 4.90 Å². The second-order valence-corrected chi connectivity index (χ2v) is 5.46. The second-order valence-electron chi connectivity index (χ2n) is 5.19. The predicted octanol–water partition coefficient (Wildman–Crippen LogP) is 2.80. The predicted molar refractivity (Wildman–Crippen MR) is 83.0 cm³/mol. The first-order valence-corrected chi connectivity index (χ1v) is 7.00. The highest BCUT2D eigenvalue weighted by Gasteiger charge is 2.30. The van der Waals surface area contributed by atoms with Crippen LogP contribution in [0.1, 0.15) is 24.2 Å².